The number of aliphatic hydroxyl groups excluding tert-OH is 1. The molecule has 0 saturated carbocycles. The Hall–Kier alpha value is 0.160. The van der Waals surface area contributed by atoms with Gasteiger partial charge in [0, 0.05) is 11.4 Å². The van der Waals surface area contributed by atoms with Gasteiger partial charge in [0.15, 0.2) is 0 Å². The molecule has 13 heavy (non-hydrogen) atoms. The summed E-state index contributed by atoms with van der Waals surface area (Å²) in [7, 11) is 0. The van der Waals surface area contributed by atoms with E-state index in [2.05, 4.69) is 25.9 Å². The molecule has 0 saturated heterocycles. The first kappa shape index (κ1) is 11.2. The maximum Gasteiger partial charge on any atom is 0.223 e. The van der Waals surface area contributed by atoms with Crippen LogP contribution < -0.4 is 0 Å². The first-order valence-corrected chi connectivity index (χ1v) is 5.64. The molecule has 0 spiro atoms. The van der Waals surface area contributed by atoms with Gasteiger partial charge in [-0.3, -0.25) is 0 Å². The van der Waals surface area contributed by atoms with Gasteiger partial charge in [-0.05, 0) is 27.5 Å². The Kier molecular flexibility index (Phi) is 4.45. The zero-order chi connectivity index (χ0) is 9.84. The second kappa shape index (κ2) is 5.14. The third-order valence-electron chi connectivity index (χ3n) is 1.25. The summed E-state index contributed by atoms with van der Waals surface area (Å²) in [6.07, 6.45) is 1.60. The van der Waals surface area contributed by atoms with Gasteiger partial charge in [-0.25, -0.2) is 9.97 Å². The predicted octanol–water partition coefficient (Wildman–Crippen LogP) is 2.37. The summed E-state index contributed by atoms with van der Waals surface area (Å²) in [5.41, 5.74) is 0. The lowest BCUT2D eigenvalue weighted by Crippen LogP contribution is -2.02. The Morgan fingerprint density at radius 1 is 1.77 bits per heavy atom. The molecule has 0 aliphatic rings. The van der Waals surface area contributed by atoms with Crippen LogP contribution in [0.25, 0.3) is 0 Å². The summed E-state index contributed by atoms with van der Waals surface area (Å²) < 4.78 is 0.794. The number of aliphatic hydroxyl groups is 1. The van der Waals surface area contributed by atoms with Crippen LogP contribution in [0, 0.1) is 0 Å². The van der Waals surface area contributed by atoms with Crippen molar-refractivity contribution < 1.29 is 5.11 Å². The summed E-state index contributed by atoms with van der Waals surface area (Å²) in [6.45, 7) is 2.02. The van der Waals surface area contributed by atoms with Crippen molar-refractivity contribution >= 4 is 39.3 Å². The van der Waals surface area contributed by atoms with Crippen molar-refractivity contribution in [2.24, 2.45) is 0 Å². The van der Waals surface area contributed by atoms with E-state index in [4.69, 9.17) is 16.7 Å². The van der Waals surface area contributed by atoms with Crippen LogP contribution in [-0.2, 0) is 0 Å². The molecular weight excluding hydrogens is 276 g/mol. The molecule has 1 rings (SSSR count). The van der Waals surface area contributed by atoms with E-state index in [-0.39, 0.29) is 17.1 Å². The van der Waals surface area contributed by atoms with Gasteiger partial charge in [-0.1, -0.05) is 18.7 Å². The zero-order valence-corrected chi connectivity index (χ0v) is 10.0. The topological polar surface area (TPSA) is 46.0 Å². The van der Waals surface area contributed by atoms with Crippen LogP contribution in [0.4, 0.5) is 0 Å². The Morgan fingerprint density at radius 2 is 2.46 bits per heavy atom. The molecule has 0 aromatic carbocycles. The zero-order valence-electron chi connectivity index (χ0n) is 6.87. The van der Waals surface area contributed by atoms with Gasteiger partial charge in [0.25, 0.3) is 0 Å². The first-order chi connectivity index (χ1) is 6.13. The van der Waals surface area contributed by atoms with Crippen molar-refractivity contribution in [3.63, 3.8) is 0 Å². The highest BCUT2D eigenvalue weighted by molar-refractivity contribution is 9.10. The number of hydrogen-bond acceptors (Lipinski definition) is 4. The standard InChI is InChI=1S/C7H8BrClN2OS/c1-4(3-12)13-6-5(8)2-10-7(9)11-6/h2,4,12H,3H2,1H3. The molecule has 3 nitrogen and oxygen atoms in total. The number of thioether (sulfide) groups is 1. The highest BCUT2D eigenvalue weighted by Gasteiger charge is 2.08. The average Bonchev–Trinajstić information content (AvgIpc) is 2.11. The van der Waals surface area contributed by atoms with Gasteiger partial charge >= 0.3 is 0 Å². The van der Waals surface area contributed by atoms with Crippen LogP contribution in [0.1, 0.15) is 6.92 Å². The van der Waals surface area contributed by atoms with E-state index in [0.717, 1.165) is 9.50 Å². The lowest BCUT2D eigenvalue weighted by atomic mass is 10.5. The molecule has 6 heteroatoms. The number of halogens is 2. The van der Waals surface area contributed by atoms with E-state index in [1.165, 1.54) is 11.8 Å². The van der Waals surface area contributed by atoms with Crippen LogP contribution in [0.3, 0.4) is 0 Å². The Balaban J connectivity index is 2.81. The molecule has 72 valence electrons. The van der Waals surface area contributed by atoms with E-state index in [9.17, 15) is 0 Å². The summed E-state index contributed by atoms with van der Waals surface area (Å²) in [6, 6.07) is 0. The minimum atomic E-state index is 0.0993. The van der Waals surface area contributed by atoms with Crippen LogP contribution in [0.5, 0.6) is 0 Å². The maximum atomic E-state index is 8.84. The molecular formula is C7H8BrClN2OS. The van der Waals surface area contributed by atoms with Crippen LogP contribution >= 0.6 is 39.3 Å². The third kappa shape index (κ3) is 3.42. The van der Waals surface area contributed by atoms with Gasteiger partial charge in [-0.2, -0.15) is 0 Å². The highest BCUT2D eigenvalue weighted by atomic mass is 79.9. The predicted molar refractivity (Wildman–Crippen MR) is 57.1 cm³/mol. The first-order valence-electron chi connectivity index (χ1n) is 3.59. The molecule has 1 aromatic heterocycles. The van der Waals surface area contributed by atoms with Gasteiger partial charge in [0.1, 0.15) is 5.03 Å². The van der Waals surface area contributed by atoms with E-state index < -0.39 is 0 Å². The summed E-state index contributed by atoms with van der Waals surface area (Å²) in [5.74, 6) is 0. The smallest absolute Gasteiger partial charge is 0.223 e. The summed E-state index contributed by atoms with van der Waals surface area (Å²) >= 11 is 10.4. The molecule has 1 N–H and O–H groups in total. The lowest BCUT2D eigenvalue weighted by molar-refractivity contribution is 0.300. The van der Waals surface area contributed by atoms with E-state index >= 15 is 0 Å². The number of hydrogen-bond donors (Lipinski definition) is 1. The maximum absolute atomic E-state index is 8.84. The van der Waals surface area contributed by atoms with Gasteiger partial charge in [0.05, 0.1) is 11.1 Å². The highest BCUT2D eigenvalue weighted by Crippen LogP contribution is 2.28. The quantitative estimate of drug-likeness (QED) is 0.525. The lowest BCUT2D eigenvalue weighted by Gasteiger charge is -2.07. The Morgan fingerprint density at radius 3 is 3.08 bits per heavy atom. The molecule has 0 radical (unpaired) electrons. The van der Waals surface area contributed by atoms with Crippen molar-refractivity contribution in [3.8, 4) is 0 Å². The number of nitrogens with zero attached hydrogens (tertiary/aromatic N) is 2. The monoisotopic (exact) mass is 282 g/mol. The minimum absolute atomic E-state index is 0.0993. The molecule has 1 heterocycles. The Labute approximate surface area is 94.1 Å². The van der Waals surface area contributed by atoms with Crippen LogP contribution in [0.15, 0.2) is 15.7 Å². The van der Waals surface area contributed by atoms with Crippen LogP contribution in [-0.4, -0.2) is 26.9 Å². The number of aromatic nitrogens is 2. The fourth-order valence-corrected chi connectivity index (χ4v) is 2.06. The second-order valence-corrected chi connectivity index (χ2v) is 5.02. The van der Waals surface area contributed by atoms with Crippen molar-refractivity contribution in [2.45, 2.75) is 17.2 Å². The minimum Gasteiger partial charge on any atom is -0.395 e. The van der Waals surface area contributed by atoms with Gasteiger partial charge < -0.3 is 5.11 Å². The normalized spacial score (nSPS) is 12.9. The second-order valence-electron chi connectivity index (χ2n) is 2.40. The SMILES string of the molecule is CC(CO)Sc1nc(Cl)ncc1Br. The van der Waals surface area contributed by atoms with Crippen molar-refractivity contribution in [2.75, 3.05) is 6.61 Å². The number of rotatable bonds is 3. The molecule has 0 aliphatic heterocycles. The van der Waals surface area contributed by atoms with E-state index in [0.29, 0.717) is 0 Å². The van der Waals surface area contributed by atoms with Crippen molar-refractivity contribution in [1.29, 1.82) is 0 Å². The molecule has 1 atom stereocenters. The fraction of sp³-hybridized carbons (Fsp3) is 0.429. The molecule has 0 amide bonds. The Bertz CT molecular complexity index is 300. The summed E-state index contributed by atoms with van der Waals surface area (Å²) in [4.78, 5) is 7.82. The van der Waals surface area contributed by atoms with Gasteiger partial charge in [0.2, 0.25) is 5.28 Å². The molecule has 1 unspecified atom stereocenters. The van der Waals surface area contributed by atoms with Crippen molar-refractivity contribution in [3.05, 3.63) is 16.0 Å². The van der Waals surface area contributed by atoms with E-state index in [1.54, 1.807) is 6.20 Å². The van der Waals surface area contributed by atoms with Gasteiger partial charge in [-0.15, -0.1) is 0 Å². The van der Waals surface area contributed by atoms with Crippen LogP contribution in [0.2, 0.25) is 5.28 Å². The van der Waals surface area contributed by atoms with Crippen molar-refractivity contribution in [1.82, 2.24) is 9.97 Å². The molecule has 1 aromatic rings. The molecule has 0 bridgehead atoms. The average molecular weight is 284 g/mol. The van der Waals surface area contributed by atoms with E-state index in [1.807, 2.05) is 6.92 Å². The fourth-order valence-electron chi connectivity index (χ4n) is 0.642. The summed E-state index contributed by atoms with van der Waals surface area (Å²) in [5, 5.41) is 9.91. The molecule has 0 fully saturated rings. The third-order valence-corrected chi connectivity index (χ3v) is 3.36. The molecule has 0 aliphatic carbocycles. The largest absolute Gasteiger partial charge is 0.395 e.